The molecule has 7 nitrogen and oxygen atoms in total. The number of benzene rings is 1. The van der Waals surface area contributed by atoms with Gasteiger partial charge in [0.2, 0.25) is 10.0 Å². The maximum atomic E-state index is 12.6. The second-order valence-corrected chi connectivity index (χ2v) is 8.48. The molecule has 3 atom stereocenters. The SMILES string of the molecule is Cl.NC1CCCC2CN(S(=O)(=O)Cc3ccc([N+](=O)[O-])cc3)CC12. The lowest BCUT2D eigenvalue weighted by atomic mass is 9.78. The number of fused-ring (bicyclic) bond motifs is 1. The Morgan fingerprint density at radius 3 is 2.46 bits per heavy atom. The first-order chi connectivity index (χ1) is 10.9. The lowest BCUT2D eigenvalue weighted by molar-refractivity contribution is -0.384. The van der Waals surface area contributed by atoms with E-state index in [2.05, 4.69) is 0 Å². The summed E-state index contributed by atoms with van der Waals surface area (Å²) in [5.74, 6) is 0.500. The van der Waals surface area contributed by atoms with E-state index >= 15 is 0 Å². The number of nitrogens with zero attached hydrogens (tertiary/aromatic N) is 2. The summed E-state index contributed by atoms with van der Waals surface area (Å²) in [5.41, 5.74) is 6.66. The molecule has 1 saturated carbocycles. The van der Waals surface area contributed by atoms with Crippen molar-refractivity contribution in [1.82, 2.24) is 4.31 Å². The maximum Gasteiger partial charge on any atom is 0.269 e. The van der Waals surface area contributed by atoms with Crippen LogP contribution in [-0.4, -0.2) is 36.8 Å². The van der Waals surface area contributed by atoms with Crippen LogP contribution in [0.2, 0.25) is 0 Å². The van der Waals surface area contributed by atoms with Crippen LogP contribution in [0.15, 0.2) is 24.3 Å². The summed E-state index contributed by atoms with van der Waals surface area (Å²) < 4.78 is 26.8. The Bertz CT molecular complexity index is 695. The van der Waals surface area contributed by atoms with E-state index < -0.39 is 14.9 Å². The zero-order chi connectivity index (χ0) is 16.6. The second kappa shape index (κ2) is 7.35. The third-order valence-corrected chi connectivity index (χ3v) is 6.79. The fourth-order valence-electron chi connectivity index (χ4n) is 3.72. The molecule has 1 aromatic carbocycles. The highest BCUT2D eigenvalue weighted by Gasteiger charge is 2.42. The van der Waals surface area contributed by atoms with Crippen LogP contribution in [0.5, 0.6) is 0 Å². The van der Waals surface area contributed by atoms with Gasteiger partial charge in [0.1, 0.15) is 0 Å². The number of non-ortho nitro benzene ring substituents is 1. The Kier molecular flexibility index (Phi) is 5.85. The number of sulfonamides is 1. The molecule has 3 rings (SSSR count). The number of rotatable bonds is 4. The summed E-state index contributed by atoms with van der Waals surface area (Å²) in [6.45, 7) is 1.05. The van der Waals surface area contributed by atoms with Crippen molar-refractivity contribution in [1.29, 1.82) is 0 Å². The first-order valence-electron chi connectivity index (χ1n) is 7.83. The molecule has 1 aromatic rings. The predicted molar refractivity (Wildman–Crippen MR) is 93.3 cm³/mol. The molecular formula is C15H22ClN3O4S. The van der Waals surface area contributed by atoms with E-state index in [1.54, 1.807) is 4.31 Å². The van der Waals surface area contributed by atoms with E-state index in [9.17, 15) is 18.5 Å². The number of hydrogen-bond donors (Lipinski definition) is 1. The van der Waals surface area contributed by atoms with Crippen LogP contribution in [0, 0.1) is 22.0 Å². The summed E-state index contributed by atoms with van der Waals surface area (Å²) in [6, 6.07) is 5.78. The van der Waals surface area contributed by atoms with Gasteiger partial charge < -0.3 is 5.73 Å². The van der Waals surface area contributed by atoms with Crippen LogP contribution < -0.4 is 5.73 Å². The zero-order valence-electron chi connectivity index (χ0n) is 13.2. The van der Waals surface area contributed by atoms with Gasteiger partial charge in [-0.05, 0) is 30.2 Å². The minimum Gasteiger partial charge on any atom is -0.327 e. The number of hydrogen-bond acceptors (Lipinski definition) is 5. The molecule has 24 heavy (non-hydrogen) atoms. The first-order valence-corrected chi connectivity index (χ1v) is 9.44. The van der Waals surface area contributed by atoms with Crippen molar-refractivity contribution in [2.24, 2.45) is 17.6 Å². The van der Waals surface area contributed by atoms with Crippen LogP contribution >= 0.6 is 12.4 Å². The molecule has 0 radical (unpaired) electrons. The molecule has 1 heterocycles. The quantitative estimate of drug-likeness (QED) is 0.639. The fraction of sp³-hybridized carbons (Fsp3) is 0.600. The van der Waals surface area contributed by atoms with E-state index in [0.29, 0.717) is 24.6 Å². The Labute approximate surface area is 147 Å². The maximum absolute atomic E-state index is 12.6. The summed E-state index contributed by atoms with van der Waals surface area (Å²) >= 11 is 0. The Morgan fingerprint density at radius 1 is 1.21 bits per heavy atom. The summed E-state index contributed by atoms with van der Waals surface area (Å²) in [4.78, 5) is 10.2. The van der Waals surface area contributed by atoms with Crippen molar-refractivity contribution in [2.75, 3.05) is 13.1 Å². The summed E-state index contributed by atoms with van der Waals surface area (Å²) in [6.07, 6.45) is 3.08. The van der Waals surface area contributed by atoms with Gasteiger partial charge in [-0.25, -0.2) is 12.7 Å². The monoisotopic (exact) mass is 375 g/mol. The van der Waals surface area contributed by atoms with Crippen molar-refractivity contribution in [2.45, 2.75) is 31.1 Å². The molecule has 2 aliphatic rings. The van der Waals surface area contributed by atoms with Gasteiger partial charge >= 0.3 is 0 Å². The smallest absolute Gasteiger partial charge is 0.269 e. The van der Waals surface area contributed by atoms with Crippen molar-refractivity contribution in [3.63, 3.8) is 0 Å². The molecule has 0 spiro atoms. The molecule has 3 unspecified atom stereocenters. The van der Waals surface area contributed by atoms with Gasteiger partial charge in [0.15, 0.2) is 0 Å². The minimum atomic E-state index is -3.42. The Balaban J connectivity index is 0.00000208. The largest absolute Gasteiger partial charge is 0.327 e. The van der Waals surface area contributed by atoms with Gasteiger partial charge in [-0.1, -0.05) is 18.6 Å². The molecule has 134 valence electrons. The Morgan fingerprint density at radius 2 is 1.88 bits per heavy atom. The van der Waals surface area contributed by atoms with Gasteiger partial charge in [0.25, 0.3) is 5.69 Å². The first kappa shape index (κ1) is 19.1. The lowest BCUT2D eigenvalue weighted by Gasteiger charge is -2.29. The molecule has 0 amide bonds. The topological polar surface area (TPSA) is 107 Å². The normalized spacial score (nSPS) is 27.3. The fourth-order valence-corrected chi connectivity index (χ4v) is 5.33. The third-order valence-electron chi connectivity index (χ3n) is 5.01. The molecule has 0 aromatic heterocycles. The molecule has 1 aliphatic carbocycles. The van der Waals surface area contributed by atoms with Gasteiger partial charge in [-0.15, -0.1) is 12.4 Å². The van der Waals surface area contributed by atoms with E-state index in [1.807, 2.05) is 0 Å². The number of nitrogens with two attached hydrogens (primary N) is 1. The Hall–Kier alpha value is -1.22. The van der Waals surface area contributed by atoms with Crippen LogP contribution in [0.4, 0.5) is 5.69 Å². The zero-order valence-corrected chi connectivity index (χ0v) is 14.8. The molecule has 2 N–H and O–H groups in total. The standard InChI is InChI=1S/C15H21N3O4S.ClH/c16-15-3-1-2-12-8-17(9-14(12)15)23(21,22)10-11-4-6-13(7-5-11)18(19)20;/h4-7,12,14-15H,1-3,8-10,16H2;1H. The molecule has 9 heteroatoms. The molecule has 1 aliphatic heterocycles. The molecule has 2 fully saturated rings. The highest BCUT2D eigenvalue weighted by atomic mass is 35.5. The number of nitro benzene ring substituents is 1. The van der Waals surface area contributed by atoms with Crippen LogP contribution in [0.3, 0.4) is 0 Å². The number of halogens is 1. The predicted octanol–water partition coefficient (Wildman–Crippen LogP) is 1.91. The van der Waals surface area contributed by atoms with Crippen molar-refractivity contribution in [3.05, 3.63) is 39.9 Å². The lowest BCUT2D eigenvalue weighted by Crippen LogP contribution is -2.38. The van der Waals surface area contributed by atoms with Crippen LogP contribution in [-0.2, 0) is 15.8 Å². The minimum absolute atomic E-state index is 0. The molecule has 0 bridgehead atoms. The number of nitro groups is 1. The van der Waals surface area contributed by atoms with Gasteiger partial charge in [0.05, 0.1) is 10.7 Å². The second-order valence-electron chi connectivity index (χ2n) is 6.52. The summed E-state index contributed by atoms with van der Waals surface area (Å²) in [5, 5.41) is 10.6. The molecular weight excluding hydrogens is 354 g/mol. The van der Waals surface area contributed by atoms with Crippen molar-refractivity contribution in [3.8, 4) is 0 Å². The van der Waals surface area contributed by atoms with E-state index in [4.69, 9.17) is 5.73 Å². The van der Waals surface area contributed by atoms with Crippen LogP contribution in [0.1, 0.15) is 24.8 Å². The highest BCUT2D eigenvalue weighted by Crippen LogP contribution is 2.37. The average Bonchev–Trinajstić information content (AvgIpc) is 2.94. The summed E-state index contributed by atoms with van der Waals surface area (Å²) in [7, 11) is -3.42. The molecule has 1 saturated heterocycles. The average molecular weight is 376 g/mol. The van der Waals surface area contributed by atoms with Crippen molar-refractivity contribution < 1.29 is 13.3 Å². The van der Waals surface area contributed by atoms with E-state index in [1.165, 1.54) is 24.3 Å². The van der Waals surface area contributed by atoms with E-state index in [-0.39, 0.29) is 35.8 Å². The van der Waals surface area contributed by atoms with Gasteiger partial charge in [0, 0.05) is 31.3 Å². The van der Waals surface area contributed by atoms with Gasteiger partial charge in [-0.2, -0.15) is 0 Å². The third kappa shape index (κ3) is 3.88. The highest BCUT2D eigenvalue weighted by molar-refractivity contribution is 7.88. The van der Waals surface area contributed by atoms with Crippen LogP contribution in [0.25, 0.3) is 0 Å². The van der Waals surface area contributed by atoms with Crippen molar-refractivity contribution >= 4 is 28.1 Å². The van der Waals surface area contributed by atoms with E-state index in [0.717, 1.165) is 19.3 Å². The van der Waals surface area contributed by atoms with Gasteiger partial charge in [-0.3, -0.25) is 10.1 Å².